The predicted octanol–water partition coefficient (Wildman–Crippen LogP) is 2.41. The Morgan fingerprint density at radius 2 is 2.00 bits per heavy atom. The van der Waals surface area contributed by atoms with Gasteiger partial charge in [-0.05, 0) is 51.8 Å². The molecule has 3 heteroatoms. The van der Waals surface area contributed by atoms with E-state index in [1.54, 1.807) is 0 Å². The third-order valence-electron chi connectivity index (χ3n) is 3.66. The van der Waals surface area contributed by atoms with Gasteiger partial charge in [0.05, 0.1) is 5.54 Å². The quantitative estimate of drug-likeness (QED) is 0.825. The lowest BCUT2D eigenvalue weighted by atomic mass is 9.96. The Bertz CT molecular complexity index is 479. The number of anilines is 1. The van der Waals surface area contributed by atoms with Crippen molar-refractivity contribution in [2.45, 2.75) is 46.2 Å². The lowest BCUT2D eigenvalue weighted by molar-refractivity contribution is -0.125. The molecule has 1 aromatic rings. The first-order valence-corrected chi connectivity index (χ1v) is 6.49. The molecule has 0 aliphatic carbocycles. The molecule has 0 spiro atoms. The molecule has 98 valence electrons. The average molecular weight is 246 g/mol. The second-order valence-electron chi connectivity index (χ2n) is 5.82. The van der Waals surface area contributed by atoms with E-state index in [4.69, 9.17) is 0 Å². The van der Waals surface area contributed by atoms with E-state index in [0.29, 0.717) is 0 Å². The summed E-state index contributed by atoms with van der Waals surface area (Å²) in [6.07, 6.45) is 0. The zero-order valence-corrected chi connectivity index (χ0v) is 11.9. The van der Waals surface area contributed by atoms with Crippen molar-refractivity contribution < 1.29 is 4.79 Å². The van der Waals surface area contributed by atoms with Crippen molar-refractivity contribution in [1.29, 1.82) is 0 Å². The summed E-state index contributed by atoms with van der Waals surface area (Å²) in [5.74, 6) is 0.148. The molecule has 1 amide bonds. The van der Waals surface area contributed by atoms with E-state index in [9.17, 15) is 4.79 Å². The minimum absolute atomic E-state index is 0.148. The van der Waals surface area contributed by atoms with Crippen molar-refractivity contribution in [3.63, 3.8) is 0 Å². The fourth-order valence-electron chi connectivity index (χ4n) is 2.40. The molecule has 1 aliphatic heterocycles. The second kappa shape index (κ2) is 4.39. The highest BCUT2D eigenvalue weighted by molar-refractivity contribution is 6.01. The SMILES string of the molecule is Cc1ccc(C)c(N2C(=O)C(C)(C)NCC2C)c1. The number of piperazine rings is 1. The van der Waals surface area contributed by atoms with Gasteiger partial charge < -0.3 is 10.2 Å². The molecular weight excluding hydrogens is 224 g/mol. The van der Waals surface area contributed by atoms with E-state index >= 15 is 0 Å². The van der Waals surface area contributed by atoms with Gasteiger partial charge in [0, 0.05) is 18.3 Å². The standard InChI is InChI=1S/C15H22N2O/c1-10-6-7-11(2)13(8-10)17-12(3)9-16-15(4,5)14(17)18/h6-8,12,16H,9H2,1-5H3. The van der Waals surface area contributed by atoms with Crippen molar-refractivity contribution in [3.8, 4) is 0 Å². The van der Waals surface area contributed by atoms with E-state index in [0.717, 1.165) is 17.8 Å². The molecule has 0 bridgehead atoms. The smallest absolute Gasteiger partial charge is 0.247 e. The monoisotopic (exact) mass is 246 g/mol. The van der Waals surface area contributed by atoms with E-state index in [2.05, 4.69) is 44.3 Å². The number of nitrogens with one attached hydrogen (secondary N) is 1. The summed E-state index contributed by atoms with van der Waals surface area (Å²) >= 11 is 0. The zero-order chi connectivity index (χ0) is 13.5. The van der Waals surface area contributed by atoms with Crippen LogP contribution < -0.4 is 10.2 Å². The largest absolute Gasteiger partial charge is 0.307 e. The Labute approximate surface area is 109 Å². The lowest BCUT2D eigenvalue weighted by Crippen LogP contribution is -2.65. The molecule has 1 heterocycles. The minimum atomic E-state index is -0.483. The number of amides is 1. The van der Waals surface area contributed by atoms with Gasteiger partial charge in [0.15, 0.2) is 0 Å². The van der Waals surface area contributed by atoms with Gasteiger partial charge in [-0.15, -0.1) is 0 Å². The van der Waals surface area contributed by atoms with Gasteiger partial charge in [-0.3, -0.25) is 4.79 Å². The van der Waals surface area contributed by atoms with Gasteiger partial charge in [0.25, 0.3) is 0 Å². The number of hydrogen-bond donors (Lipinski definition) is 1. The first-order chi connectivity index (χ1) is 8.33. The van der Waals surface area contributed by atoms with Gasteiger partial charge in [-0.25, -0.2) is 0 Å². The fourth-order valence-corrected chi connectivity index (χ4v) is 2.40. The van der Waals surface area contributed by atoms with Crippen molar-refractivity contribution in [1.82, 2.24) is 5.32 Å². The van der Waals surface area contributed by atoms with Crippen LogP contribution in [0.5, 0.6) is 0 Å². The van der Waals surface area contributed by atoms with Crippen molar-refractivity contribution >= 4 is 11.6 Å². The van der Waals surface area contributed by atoms with Gasteiger partial charge >= 0.3 is 0 Å². The highest BCUT2D eigenvalue weighted by Crippen LogP contribution is 2.28. The molecule has 2 rings (SSSR count). The third-order valence-corrected chi connectivity index (χ3v) is 3.66. The van der Waals surface area contributed by atoms with Crippen molar-refractivity contribution in [3.05, 3.63) is 29.3 Å². The van der Waals surface area contributed by atoms with E-state index < -0.39 is 5.54 Å². The molecule has 0 aromatic heterocycles. The van der Waals surface area contributed by atoms with Gasteiger partial charge in [-0.2, -0.15) is 0 Å². The van der Waals surface area contributed by atoms with Crippen LogP contribution in [0.1, 0.15) is 31.9 Å². The van der Waals surface area contributed by atoms with Crippen LogP contribution in [-0.2, 0) is 4.79 Å². The fraction of sp³-hybridized carbons (Fsp3) is 0.533. The molecule has 1 aromatic carbocycles. The molecule has 1 N–H and O–H groups in total. The summed E-state index contributed by atoms with van der Waals surface area (Å²) in [5.41, 5.74) is 2.90. The van der Waals surface area contributed by atoms with Crippen LogP contribution in [0, 0.1) is 13.8 Å². The van der Waals surface area contributed by atoms with Crippen LogP contribution in [0.3, 0.4) is 0 Å². The Morgan fingerprint density at radius 1 is 1.33 bits per heavy atom. The molecule has 1 unspecified atom stereocenters. The topological polar surface area (TPSA) is 32.3 Å². The van der Waals surface area contributed by atoms with Crippen LogP contribution in [0.25, 0.3) is 0 Å². The van der Waals surface area contributed by atoms with Gasteiger partial charge in [-0.1, -0.05) is 12.1 Å². The first kappa shape index (κ1) is 13.1. The maximum atomic E-state index is 12.6. The van der Waals surface area contributed by atoms with Crippen LogP contribution in [0.15, 0.2) is 18.2 Å². The highest BCUT2D eigenvalue weighted by atomic mass is 16.2. The van der Waals surface area contributed by atoms with Crippen LogP contribution in [-0.4, -0.2) is 24.0 Å². The number of carbonyl (C=O) groups excluding carboxylic acids is 1. The number of carbonyl (C=O) groups is 1. The Balaban J connectivity index is 2.47. The van der Waals surface area contributed by atoms with Gasteiger partial charge in [0.2, 0.25) is 5.91 Å². The highest BCUT2D eigenvalue weighted by Gasteiger charge is 2.39. The molecule has 1 atom stereocenters. The number of hydrogen-bond acceptors (Lipinski definition) is 2. The second-order valence-corrected chi connectivity index (χ2v) is 5.82. The van der Waals surface area contributed by atoms with Crippen LogP contribution in [0.2, 0.25) is 0 Å². The summed E-state index contributed by atoms with van der Waals surface area (Å²) in [6, 6.07) is 6.46. The molecule has 18 heavy (non-hydrogen) atoms. The number of rotatable bonds is 1. The molecular formula is C15H22N2O. The van der Waals surface area contributed by atoms with Gasteiger partial charge in [0.1, 0.15) is 0 Å². The number of nitrogens with zero attached hydrogens (tertiary/aromatic N) is 1. The minimum Gasteiger partial charge on any atom is -0.307 e. The zero-order valence-electron chi connectivity index (χ0n) is 11.9. The van der Waals surface area contributed by atoms with E-state index in [1.807, 2.05) is 18.7 Å². The van der Waals surface area contributed by atoms with Crippen molar-refractivity contribution in [2.75, 3.05) is 11.4 Å². The molecule has 1 fully saturated rings. The third kappa shape index (κ3) is 2.15. The summed E-state index contributed by atoms with van der Waals surface area (Å²) in [7, 11) is 0. The number of benzene rings is 1. The maximum absolute atomic E-state index is 12.6. The normalized spacial score (nSPS) is 23.3. The molecule has 1 saturated heterocycles. The number of aryl methyl sites for hydroxylation is 2. The van der Waals surface area contributed by atoms with Crippen molar-refractivity contribution in [2.24, 2.45) is 0 Å². The van der Waals surface area contributed by atoms with Crippen LogP contribution in [0.4, 0.5) is 5.69 Å². The van der Waals surface area contributed by atoms with E-state index in [1.165, 1.54) is 5.56 Å². The summed E-state index contributed by atoms with van der Waals surface area (Å²) in [4.78, 5) is 14.5. The summed E-state index contributed by atoms with van der Waals surface area (Å²) in [6.45, 7) is 10.9. The Kier molecular flexibility index (Phi) is 3.20. The first-order valence-electron chi connectivity index (χ1n) is 6.49. The molecule has 0 saturated carbocycles. The average Bonchev–Trinajstić information content (AvgIpc) is 2.30. The summed E-state index contributed by atoms with van der Waals surface area (Å²) < 4.78 is 0. The maximum Gasteiger partial charge on any atom is 0.247 e. The van der Waals surface area contributed by atoms with Crippen LogP contribution >= 0.6 is 0 Å². The Morgan fingerprint density at radius 3 is 2.67 bits per heavy atom. The Hall–Kier alpha value is -1.35. The molecule has 1 aliphatic rings. The summed E-state index contributed by atoms with van der Waals surface area (Å²) in [5, 5.41) is 3.30. The predicted molar refractivity (Wildman–Crippen MR) is 74.9 cm³/mol. The molecule has 3 nitrogen and oxygen atoms in total. The lowest BCUT2D eigenvalue weighted by Gasteiger charge is -2.43. The van der Waals surface area contributed by atoms with E-state index in [-0.39, 0.29) is 11.9 Å². The molecule has 0 radical (unpaired) electrons.